The number of nitrogens with zero attached hydrogens (tertiary/aromatic N) is 1. The van der Waals surface area contributed by atoms with Gasteiger partial charge in [-0.1, -0.05) is 17.4 Å². The molecule has 2 atom stereocenters. The van der Waals surface area contributed by atoms with E-state index in [1.807, 2.05) is 0 Å². The molecule has 11 heteroatoms. The summed E-state index contributed by atoms with van der Waals surface area (Å²) in [5.74, 6) is -3.50. The number of carbonyl (C=O) groups excluding carboxylic acids is 3. The number of nitrogen functional groups attached to an aromatic ring is 1. The van der Waals surface area contributed by atoms with E-state index in [1.54, 1.807) is 24.3 Å². The predicted molar refractivity (Wildman–Crippen MR) is 129 cm³/mol. The van der Waals surface area contributed by atoms with Gasteiger partial charge in [-0.2, -0.15) is 0 Å². The Morgan fingerprint density at radius 2 is 1.83 bits per heavy atom. The fraction of sp³-hybridized carbons (Fsp3) is 0.250. The highest BCUT2D eigenvalue weighted by Crippen LogP contribution is 2.31. The third-order valence-corrected chi connectivity index (χ3v) is 6.66. The lowest BCUT2D eigenvalue weighted by Crippen LogP contribution is -2.51. The maximum Gasteiger partial charge on any atom is 0.251 e. The highest BCUT2D eigenvalue weighted by atomic mass is 32.1. The first-order chi connectivity index (χ1) is 16.7. The van der Waals surface area contributed by atoms with Crippen molar-refractivity contribution in [3.63, 3.8) is 0 Å². The fourth-order valence-corrected chi connectivity index (χ4v) is 4.76. The lowest BCUT2D eigenvalue weighted by Gasteiger charge is -2.22. The summed E-state index contributed by atoms with van der Waals surface area (Å²) in [5.41, 5.74) is 6.05. The van der Waals surface area contributed by atoms with Gasteiger partial charge in [0.05, 0.1) is 5.56 Å². The number of halogens is 2. The Kier molecular flexibility index (Phi) is 7.17. The van der Waals surface area contributed by atoms with Gasteiger partial charge in [-0.25, -0.2) is 13.8 Å². The summed E-state index contributed by atoms with van der Waals surface area (Å²) >= 11 is 0.857. The van der Waals surface area contributed by atoms with Gasteiger partial charge in [0, 0.05) is 17.3 Å². The molecule has 2 aromatic carbocycles. The second-order valence-corrected chi connectivity index (χ2v) is 9.13. The summed E-state index contributed by atoms with van der Waals surface area (Å²) in [7, 11) is 0. The summed E-state index contributed by atoms with van der Waals surface area (Å²) in [6.45, 7) is 2.27. The van der Waals surface area contributed by atoms with Crippen molar-refractivity contribution < 1.29 is 23.2 Å². The predicted octanol–water partition coefficient (Wildman–Crippen LogP) is 3.42. The van der Waals surface area contributed by atoms with E-state index in [1.165, 1.54) is 13.0 Å². The van der Waals surface area contributed by atoms with Crippen molar-refractivity contribution in [2.24, 2.45) is 0 Å². The van der Waals surface area contributed by atoms with Crippen molar-refractivity contribution in [1.82, 2.24) is 15.6 Å². The summed E-state index contributed by atoms with van der Waals surface area (Å²) < 4.78 is 28.0. The zero-order valence-electron chi connectivity index (χ0n) is 18.7. The maximum atomic E-state index is 14.0. The van der Waals surface area contributed by atoms with E-state index in [0.29, 0.717) is 11.3 Å². The number of rotatable bonds is 8. The Morgan fingerprint density at radius 3 is 2.43 bits per heavy atom. The topological polar surface area (TPSA) is 126 Å². The average Bonchev–Trinajstić information content (AvgIpc) is 3.47. The van der Waals surface area contributed by atoms with E-state index in [9.17, 15) is 23.2 Å². The van der Waals surface area contributed by atoms with Crippen molar-refractivity contribution in [3.8, 4) is 0 Å². The Labute approximate surface area is 203 Å². The molecule has 1 fully saturated rings. The molecule has 0 radical (unpaired) electrons. The van der Waals surface area contributed by atoms with E-state index in [4.69, 9.17) is 5.73 Å². The number of nitrogens with one attached hydrogen (secondary N) is 3. The van der Waals surface area contributed by atoms with Gasteiger partial charge in [0.2, 0.25) is 5.78 Å². The molecule has 0 spiro atoms. The van der Waals surface area contributed by atoms with E-state index in [2.05, 4.69) is 20.9 Å². The molecule has 1 unspecified atom stereocenters. The van der Waals surface area contributed by atoms with Crippen LogP contribution in [0.15, 0.2) is 42.5 Å². The highest BCUT2D eigenvalue weighted by molar-refractivity contribution is 7.18. The second kappa shape index (κ2) is 10.3. The van der Waals surface area contributed by atoms with Gasteiger partial charge in [-0.15, -0.1) is 0 Å². The summed E-state index contributed by atoms with van der Waals surface area (Å²) in [6.07, 6.45) is 1.77. The number of anilines is 3. The molecule has 0 aliphatic carbocycles. The number of carbonyl (C=O) groups is 3. The SMILES string of the molecule is CC(=O)C(NC(=O)c1ccc(Nc2nc(N)c(C(=O)c3c(F)cccc3F)s2)cc1)[C@@H]1CCCN1. The normalized spacial score (nSPS) is 16.0. The van der Waals surface area contributed by atoms with E-state index in [-0.39, 0.29) is 33.6 Å². The number of thiazole rings is 1. The number of hydrogen-bond acceptors (Lipinski definition) is 8. The fourth-order valence-electron chi connectivity index (χ4n) is 3.91. The van der Waals surface area contributed by atoms with Crippen LogP contribution in [0.5, 0.6) is 0 Å². The highest BCUT2D eigenvalue weighted by Gasteiger charge is 2.29. The first kappa shape index (κ1) is 24.4. The van der Waals surface area contributed by atoms with Crippen molar-refractivity contribution in [2.45, 2.75) is 31.8 Å². The van der Waals surface area contributed by atoms with E-state index in [0.717, 1.165) is 42.9 Å². The van der Waals surface area contributed by atoms with Crippen LogP contribution < -0.4 is 21.7 Å². The maximum absolute atomic E-state index is 14.0. The molecule has 1 aliphatic rings. The van der Waals surface area contributed by atoms with Crippen molar-refractivity contribution in [3.05, 3.63) is 70.1 Å². The van der Waals surface area contributed by atoms with Crippen LogP contribution in [0.2, 0.25) is 0 Å². The third kappa shape index (κ3) is 5.36. The van der Waals surface area contributed by atoms with Gasteiger partial charge in [-0.3, -0.25) is 14.4 Å². The minimum atomic E-state index is -0.984. The van der Waals surface area contributed by atoms with Gasteiger partial charge < -0.3 is 21.7 Å². The molecule has 4 rings (SSSR count). The van der Waals surface area contributed by atoms with Gasteiger partial charge in [0.15, 0.2) is 10.9 Å². The zero-order chi connectivity index (χ0) is 25.1. The average molecular weight is 500 g/mol. The van der Waals surface area contributed by atoms with Crippen LogP contribution in [0.3, 0.4) is 0 Å². The molecule has 182 valence electrons. The van der Waals surface area contributed by atoms with Gasteiger partial charge >= 0.3 is 0 Å². The molecule has 1 aliphatic heterocycles. The van der Waals surface area contributed by atoms with E-state index < -0.39 is 29.0 Å². The summed E-state index contributed by atoms with van der Waals surface area (Å²) in [6, 6.07) is 8.88. The molecule has 35 heavy (non-hydrogen) atoms. The number of hydrogen-bond donors (Lipinski definition) is 4. The molecule has 0 bridgehead atoms. The van der Waals surface area contributed by atoms with Crippen molar-refractivity contribution in [2.75, 3.05) is 17.6 Å². The van der Waals surface area contributed by atoms with Crippen LogP contribution in [-0.2, 0) is 4.79 Å². The minimum absolute atomic E-state index is 0.0810. The van der Waals surface area contributed by atoms with Crippen LogP contribution in [0.4, 0.5) is 25.4 Å². The van der Waals surface area contributed by atoms with Crippen LogP contribution in [0.1, 0.15) is 45.4 Å². The first-order valence-corrected chi connectivity index (χ1v) is 11.7. The monoisotopic (exact) mass is 499 g/mol. The lowest BCUT2D eigenvalue weighted by molar-refractivity contribution is -0.119. The zero-order valence-corrected chi connectivity index (χ0v) is 19.5. The lowest BCUT2D eigenvalue weighted by atomic mass is 10.0. The summed E-state index contributed by atoms with van der Waals surface area (Å²) in [4.78, 5) is 41.3. The molecule has 5 N–H and O–H groups in total. The molecule has 8 nitrogen and oxygen atoms in total. The second-order valence-electron chi connectivity index (χ2n) is 8.13. The molecule has 1 saturated heterocycles. The molecule has 1 amide bonds. The summed E-state index contributed by atoms with van der Waals surface area (Å²) in [5, 5.41) is 9.23. The number of Topliss-reactive ketones (excluding diaryl/α,β-unsaturated/α-hetero) is 1. The number of benzene rings is 2. The number of amides is 1. The number of nitrogens with two attached hydrogens (primary N) is 1. The Morgan fingerprint density at radius 1 is 1.14 bits per heavy atom. The first-order valence-electron chi connectivity index (χ1n) is 10.9. The van der Waals surface area contributed by atoms with Gasteiger partial charge in [0.1, 0.15) is 28.4 Å². The molecular formula is C24H23F2N5O3S. The molecule has 3 aromatic rings. The van der Waals surface area contributed by atoms with Gasteiger partial charge in [-0.05, 0) is 62.7 Å². The minimum Gasteiger partial charge on any atom is -0.382 e. The van der Waals surface area contributed by atoms with E-state index >= 15 is 0 Å². The smallest absolute Gasteiger partial charge is 0.251 e. The van der Waals surface area contributed by atoms with Crippen LogP contribution >= 0.6 is 11.3 Å². The Hall–Kier alpha value is -3.70. The molecular weight excluding hydrogens is 476 g/mol. The molecule has 1 aromatic heterocycles. The Balaban J connectivity index is 1.45. The van der Waals surface area contributed by atoms with Crippen LogP contribution in [0, 0.1) is 11.6 Å². The number of aromatic nitrogens is 1. The Bertz CT molecular complexity index is 1250. The standard InChI is InChI=1S/C24H23F2N5O3S/c1-12(32)19(17-6-3-11-28-17)30-23(34)13-7-9-14(10-8-13)29-24-31-22(27)21(35-24)20(33)18-15(25)4-2-5-16(18)26/h2,4-5,7-10,17,19,28H,3,6,11,27H2,1H3,(H,29,31)(H,30,34)/t17-,19?/m0/s1. The molecule has 0 saturated carbocycles. The van der Waals surface area contributed by atoms with Crippen molar-refractivity contribution in [1.29, 1.82) is 0 Å². The largest absolute Gasteiger partial charge is 0.382 e. The van der Waals surface area contributed by atoms with Crippen LogP contribution in [0.25, 0.3) is 0 Å². The van der Waals surface area contributed by atoms with Crippen molar-refractivity contribution >= 4 is 45.4 Å². The van der Waals surface area contributed by atoms with Gasteiger partial charge in [0.25, 0.3) is 5.91 Å². The molecule has 2 heterocycles. The quantitative estimate of drug-likeness (QED) is 0.350. The number of ketones is 2. The van der Waals surface area contributed by atoms with Crippen LogP contribution in [-0.4, -0.2) is 41.1 Å². The third-order valence-electron chi connectivity index (χ3n) is 5.67.